The molecule has 1 heterocycles. The average molecular weight is 444 g/mol. The van der Waals surface area contributed by atoms with Crippen LogP contribution in [-0.2, 0) is 28.5 Å². The fourth-order valence-corrected chi connectivity index (χ4v) is 3.21. The molecule has 0 saturated carbocycles. The van der Waals surface area contributed by atoms with Gasteiger partial charge in [0, 0.05) is 0 Å². The van der Waals surface area contributed by atoms with Crippen LogP contribution in [0.2, 0.25) is 0 Å². The molecule has 1 unspecified atom stereocenters. The van der Waals surface area contributed by atoms with E-state index in [1.165, 1.54) is 7.11 Å². The Morgan fingerprint density at radius 1 is 1.19 bits per heavy atom. The number of hydrogen-bond acceptors (Lipinski definition) is 9. The number of allylic oxidation sites excluding steroid dienone is 1. The molecule has 9 heteroatoms. The van der Waals surface area contributed by atoms with Gasteiger partial charge in [-0.2, -0.15) is 5.26 Å². The third-order valence-corrected chi connectivity index (χ3v) is 4.57. The van der Waals surface area contributed by atoms with Gasteiger partial charge in [-0.25, -0.2) is 4.79 Å². The Labute approximate surface area is 187 Å². The van der Waals surface area contributed by atoms with Crippen LogP contribution in [0.4, 0.5) is 5.69 Å². The summed E-state index contributed by atoms with van der Waals surface area (Å²) in [6.45, 7) is 5.77. The number of nitrogens with two attached hydrogens (primary N) is 1. The highest BCUT2D eigenvalue weighted by molar-refractivity contribution is 5.93. The van der Waals surface area contributed by atoms with Gasteiger partial charge in [0.25, 0.3) is 5.95 Å². The first-order valence-corrected chi connectivity index (χ1v) is 10.4. The van der Waals surface area contributed by atoms with E-state index in [1.807, 2.05) is 6.92 Å². The standard InChI is InChI=1S/C23H28N2O7/c1-5-10-31-23-15(13-24)20(14-8-9-16(25)17(11-14)28-4)21(22(27)30-7-3)18(32-23)12-19(26)29-6-2/h8-9,11,20H,5-7,10,12,25H2,1-4H3. The Bertz CT molecular complexity index is 960. The zero-order chi connectivity index (χ0) is 23.7. The summed E-state index contributed by atoms with van der Waals surface area (Å²) < 4.78 is 27.0. The summed E-state index contributed by atoms with van der Waals surface area (Å²) in [4.78, 5) is 25.2. The van der Waals surface area contributed by atoms with Crippen molar-refractivity contribution >= 4 is 17.6 Å². The van der Waals surface area contributed by atoms with Gasteiger partial charge in [0.15, 0.2) is 0 Å². The van der Waals surface area contributed by atoms with Crippen molar-refractivity contribution in [1.82, 2.24) is 0 Å². The second kappa shape index (κ2) is 11.6. The van der Waals surface area contributed by atoms with Gasteiger partial charge in [-0.3, -0.25) is 4.79 Å². The highest BCUT2D eigenvalue weighted by Crippen LogP contribution is 2.43. The van der Waals surface area contributed by atoms with Crippen molar-refractivity contribution in [2.24, 2.45) is 0 Å². The molecule has 1 aromatic carbocycles. The Kier molecular flexibility index (Phi) is 8.95. The van der Waals surface area contributed by atoms with Gasteiger partial charge >= 0.3 is 11.9 Å². The van der Waals surface area contributed by atoms with Crippen molar-refractivity contribution in [3.05, 3.63) is 46.6 Å². The van der Waals surface area contributed by atoms with Crippen LogP contribution >= 0.6 is 0 Å². The van der Waals surface area contributed by atoms with Crippen LogP contribution in [0, 0.1) is 11.3 Å². The lowest BCUT2D eigenvalue weighted by molar-refractivity contribution is -0.143. The van der Waals surface area contributed by atoms with Crippen LogP contribution in [0.5, 0.6) is 5.75 Å². The summed E-state index contributed by atoms with van der Waals surface area (Å²) in [5, 5.41) is 9.97. The maximum absolute atomic E-state index is 13.0. The highest BCUT2D eigenvalue weighted by atomic mass is 16.7. The minimum absolute atomic E-state index is 0.00722. The first kappa shape index (κ1) is 24.6. The first-order valence-electron chi connectivity index (χ1n) is 10.4. The zero-order valence-corrected chi connectivity index (χ0v) is 18.7. The summed E-state index contributed by atoms with van der Waals surface area (Å²) in [6, 6.07) is 7.00. The molecule has 1 aliphatic rings. The van der Waals surface area contributed by atoms with Crippen molar-refractivity contribution in [3.63, 3.8) is 0 Å². The number of nitriles is 1. The molecule has 2 N–H and O–H groups in total. The molecular formula is C23H28N2O7. The van der Waals surface area contributed by atoms with Crippen LogP contribution in [0.15, 0.2) is 41.0 Å². The minimum atomic E-state index is -0.918. The Hall–Kier alpha value is -3.67. The van der Waals surface area contributed by atoms with Gasteiger partial charge in [0.05, 0.1) is 44.1 Å². The molecule has 0 aliphatic carbocycles. The van der Waals surface area contributed by atoms with E-state index in [4.69, 9.17) is 29.4 Å². The van der Waals surface area contributed by atoms with E-state index in [-0.39, 0.29) is 49.1 Å². The van der Waals surface area contributed by atoms with Crippen LogP contribution in [0.1, 0.15) is 45.1 Å². The SMILES string of the molecule is CCCOC1=C(C#N)C(c2ccc(N)c(OC)c2)C(C(=O)OCC)=C(CC(=O)OCC)O1. The summed E-state index contributed by atoms with van der Waals surface area (Å²) in [5.41, 5.74) is 6.95. The molecule has 0 aromatic heterocycles. The first-order chi connectivity index (χ1) is 15.4. The van der Waals surface area contributed by atoms with E-state index in [9.17, 15) is 14.9 Å². The average Bonchev–Trinajstić information content (AvgIpc) is 2.77. The number of carbonyl (C=O) groups is 2. The van der Waals surface area contributed by atoms with Crippen molar-refractivity contribution in [1.29, 1.82) is 5.26 Å². The van der Waals surface area contributed by atoms with Gasteiger partial charge in [-0.05, 0) is 38.0 Å². The third kappa shape index (κ3) is 5.52. The molecule has 0 fully saturated rings. The van der Waals surface area contributed by atoms with Gasteiger partial charge in [0.1, 0.15) is 29.6 Å². The molecule has 0 spiro atoms. The van der Waals surface area contributed by atoms with Crippen molar-refractivity contribution in [3.8, 4) is 11.8 Å². The van der Waals surface area contributed by atoms with Gasteiger partial charge < -0.3 is 29.4 Å². The molecular weight excluding hydrogens is 416 g/mol. The minimum Gasteiger partial charge on any atom is -0.495 e. The predicted octanol–water partition coefficient (Wildman–Crippen LogP) is 3.32. The lowest BCUT2D eigenvalue weighted by Crippen LogP contribution is -2.26. The summed E-state index contributed by atoms with van der Waals surface area (Å²) >= 11 is 0. The summed E-state index contributed by atoms with van der Waals surface area (Å²) in [7, 11) is 1.46. The molecule has 0 bridgehead atoms. The van der Waals surface area contributed by atoms with Crippen molar-refractivity contribution in [2.45, 2.75) is 39.5 Å². The molecule has 1 aromatic rings. The van der Waals surface area contributed by atoms with Gasteiger partial charge in [-0.15, -0.1) is 0 Å². The van der Waals surface area contributed by atoms with Gasteiger partial charge in [0.2, 0.25) is 0 Å². The molecule has 0 saturated heterocycles. The largest absolute Gasteiger partial charge is 0.495 e. The number of rotatable bonds is 10. The third-order valence-electron chi connectivity index (χ3n) is 4.57. The number of esters is 2. The number of benzene rings is 1. The molecule has 1 atom stereocenters. The molecule has 0 radical (unpaired) electrons. The lowest BCUT2D eigenvalue weighted by atomic mass is 9.82. The van der Waals surface area contributed by atoms with Crippen LogP contribution in [-0.4, -0.2) is 38.9 Å². The summed E-state index contributed by atoms with van der Waals surface area (Å²) in [6.07, 6.45) is 0.329. The lowest BCUT2D eigenvalue weighted by Gasteiger charge is -2.29. The normalized spacial score (nSPS) is 15.5. The van der Waals surface area contributed by atoms with E-state index < -0.39 is 17.9 Å². The molecule has 32 heavy (non-hydrogen) atoms. The second-order valence-corrected chi connectivity index (χ2v) is 6.74. The topological polar surface area (TPSA) is 130 Å². The van der Waals surface area contributed by atoms with E-state index in [0.29, 0.717) is 23.4 Å². The van der Waals surface area contributed by atoms with E-state index in [0.717, 1.165) is 0 Å². The zero-order valence-electron chi connectivity index (χ0n) is 18.7. The van der Waals surface area contributed by atoms with Crippen LogP contribution in [0.25, 0.3) is 0 Å². The number of ether oxygens (including phenoxy) is 5. The van der Waals surface area contributed by atoms with Gasteiger partial charge in [-0.1, -0.05) is 13.0 Å². The quantitative estimate of drug-likeness (QED) is 0.426. The Balaban J connectivity index is 2.74. The Morgan fingerprint density at radius 2 is 1.91 bits per heavy atom. The fraction of sp³-hybridized carbons (Fsp3) is 0.435. The number of methoxy groups -OCH3 is 1. The van der Waals surface area contributed by atoms with Crippen molar-refractivity contribution in [2.75, 3.05) is 32.7 Å². The smallest absolute Gasteiger partial charge is 0.338 e. The van der Waals surface area contributed by atoms with E-state index in [2.05, 4.69) is 6.07 Å². The summed E-state index contributed by atoms with van der Waals surface area (Å²) in [5.74, 6) is -1.91. The number of anilines is 1. The number of carbonyl (C=O) groups excluding carboxylic acids is 2. The predicted molar refractivity (Wildman–Crippen MR) is 115 cm³/mol. The number of hydrogen-bond donors (Lipinski definition) is 1. The van der Waals surface area contributed by atoms with E-state index in [1.54, 1.807) is 32.0 Å². The molecule has 2 rings (SSSR count). The fourth-order valence-electron chi connectivity index (χ4n) is 3.21. The van der Waals surface area contributed by atoms with Crippen LogP contribution in [0.3, 0.4) is 0 Å². The molecule has 0 amide bonds. The number of nitrogens with zero attached hydrogens (tertiary/aromatic N) is 1. The maximum atomic E-state index is 13.0. The monoisotopic (exact) mass is 444 g/mol. The maximum Gasteiger partial charge on any atom is 0.338 e. The van der Waals surface area contributed by atoms with E-state index >= 15 is 0 Å². The second-order valence-electron chi connectivity index (χ2n) is 6.74. The van der Waals surface area contributed by atoms with Crippen molar-refractivity contribution < 1.29 is 33.3 Å². The number of nitrogen functional groups attached to an aromatic ring is 1. The Morgan fingerprint density at radius 3 is 2.50 bits per heavy atom. The molecule has 1 aliphatic heterocycles. The molecule has 172 valence electrons. The molecule has 9 nitrogen and oxygen atoms in total. The highest BCUT2D eigenvalue weighted by Gasteiger charge is 2.40. The van der Waals surface area contributed by atoms with Crippen LogP contribution < -0.4 is 10.5 Å².